The van der Waals surface area contributed by atoms with Gasteiger partial charge in [-0.05, 0) is 12.5 Å². The van der Waals surface area contributed by atoms with E-state index < -0.39 is 0 Å². The summed E-state index contributed by atoms with van der Waals surface area (Å²) in [6, 6.07) is 3.40. The normalized spacial score (nSPS) is 11.4. The van der Waals surface area contributed by atoms with Crippen molar-refractivity contribution in [3.05, 3.63) is 45.0 Å². The summed E-state index contributed by atoms with van der Waals surface area (Å²) < 4.78 is 7.41. The van der Waals surface area contributed by atoms with Gasteiger partial charge in [0.15, 0.2) is 10.8 Å². The average molecular weight is 243 g/mol. The summed E-state index contributed by atoms with van der Waals surface area (Å²) in [4.78, 5) is 20.2. The van der Waals surface area contributed by atoms with Gasteiger partial charge in [0, 0.05) is 13.1 Å². The van der Waals surface area contributed by atoms with E-state index in [0.717, 1.165) is 18.5 Å². The van der Waals surface area contributed by atoms with Gasteiger partial charge in [-0.3, -0.25) is 4.79 Å². The Morgan fingerprint density at radius 3 is 2.94 bits per heavy atom. The molecule has 0 saturated heterocycles. The van der Waals surface area contributed by atoms with Crippen LogP contribution in [0.1, 0.15) is 19.0 Å². The Bertz CT molecular complexity index is 787. The molecule has 2 aliphatic heterocycles. The number of hydrogen-bond acceptors (Lipinski definition) is 4. The number of imidazole rings is 1. The van der Waals surface area contributed by atoms with Crippen molar-refractivity contribution in [2.24, 2.45) is 7.05 Å². The van der Waals surface area contributed by atoms with Gasteiger partial charge in [-0.15, -0.1) is 0 Å². The van der Waals surface area contributed by atoms with Gasteiger partial charge in [0.1, 0.15) is 12.0 Å². The quantitative estimate of drug-likeness (QED) is 0.685. The monoisotopic (exact) mass is 243 g/mol. The molecule has 0 spiro atoms. The SMILES string of the molecule is CCCc1cc2c(=O)cc3ncnc-3c=2on1C. The molecule has 0 aromatic heterocycles. The Kier molecular flexibility index (Phi) is 2.40. The zero-order chi connectivity index (χ0) is 12.7. The maximum Gasteiger partial charge on any atom is 0.194 e. The summed E-state index contributed by atoms with van der Waals surface area (Å²) in [6.07, 6.45) is 3.32. The first-order chi connectivity index (χ1) is 8.70. The van der Waals surface area contributed by atoms with E-state index in [4.69, 9.17) is 4.52 Å². The summed E-state index contributed by atoms with van der Waals surface area (Å²) in [7, 11) is 1.84. The van der Waals surface area contributed by atoms with Crippen LogP contribution in [-0.4, -0.2) is 14.7 Å². The number of rotatable bonds is 2. The van der Waals surface area contributed by atoms with Crippen LogP contribution in [0.3, 0.4) is 0 Å². The molecule has 0 aromatic carbocycles. The van der Waals surface area contributed by atoms with Crippen molar-refractivity contribution >= 4 is 0 Å². The Hall–Kier alpha value is -2.17. The van der Waals surface area contributed by atoms with Crippen molar-refractivity contribution in [1.29, 1.82) is 0 Å². The second kappa shape index (κ2) is 3.94. The minimum atomic E-state index is -0.0697. The van der Waals surface area contributed by atoms with Crippen molar-refractivity contribution in [2.45, 2.75) is 19.8 Å². The van der Waals surface area contributed by atoms with Gasteiger partial charge in [-0.25, -0.2) is 14.7 Å². The molecule has 1 aliphatic carbocycles. The van der Waals surface area contributed by atoms with Gasteiger partial charge in [-0.1, -0.05) is 13.3 Å². The van der Waals surface area contributed by atoms with Crippen LogP contribution in [0.4, 0.5) is 0 Å². The fourth-order valence-corrected chi connectivity index (χ4v) is 2.17. The lowest BCUT2D eigenvalue weighted by molar-refractivity contribution is 0.258. The highest BCUT2D eigenvalue weighted by Crippen LogP contribution is 2.18. The van der Waals surface area contributed by atoms with Crippen LogP contribution in [0.5, 0.6) is 0 Å². The van der Waals surface area contributed by atoms with Crippen LogP contribution < -0.4 is 5.43 Å². The van der Waals surface area contributed by atoms with E-state index in [2.05, 4.69) is 16.9 Å². The molecule has 0 bridgehead atoms. The van der Waals surface area contributed by atoms with Gasteiger partial charge in [-0.2, -0.15) is 0 Å². The highest BCUT2D eigenvalue weighted by atomic mass is 16.5. The molecule has 0 amide bonds. The molecular weight excluding hydrogens is 230 g/mol. The molecular formula is C13H13N3O2. The Morgan fingerprint density at radius 2 is 2.17 bits per heavy atom. The van der Waals surface area contributed by atoms with Gasteiger partial charge in [0.25, 0.3) is 0 Å². The minimum absolute atomic E-state index is 0.0697. The third-order valence-corrected chi connectivity index (χ3v) is 3.07. The van der Waals surface area contributed by atoms with Crippen molar-refractivity contribution in [1.82, 2.24) is 14.7 Å². The van der Waals surface area contributed by atoms with Crippen molar-refractivity contribution in [3.63, 3.8) is 0 Å². The van der Waals surface area contributed by atoms with Crippen LogP contribution in [0, 0.1) is 10.6 Å². The largest absolute Gasteiger partial charge is 0.377 e. The van der Waals surface area contributed by atoms with Crippen molar-refractivity contribution in [2.75, 3.05) is 0 Å². The molecule has 18 heavy (non-hydrogen) atoms. The maximum atomic E-state index is 12.0. The van der Waals surface area contributed by atoms with E-state index in [1.165, 1.54) is 12.4 Å². The van der Waals surface area contributed by atoms with Gasteiger partial charge in [0.05, 0.1) is 16.6 Å². The lowest BCUT2D eigenvalue weighted by atomic mass is 10.1. The number of hydrogen-bond donors (Lipinski definition) is 0. The molecule has 5 nitrogen and oxygen atoms in total. The molecule has 5 heteroatoms. The Labute approximate surface area is 103 Å². The van der Waals surface area contributed by atoms with Crippen LogP contribution in [0.2, 0.25) is 0 Å². The highest BCUT2D eigenvalue weighted by molar-refractivity contribution is 5.55. The number of aryl methyl sites for hydroxylation is 2. The van der Waals surface area contributed by atoms with Crippen LogP contribution >= 0.6 is 0 Å². The predicted molar refractivity (Wildman–Crippen MR) is 65.5 cm³/mol. The first kappa shape index (κ1) is 11.0. The van der Waals surface area contributed by atoms with Crippen LogP contribution in [0.15, 0.2) is 27.8 Å². The molecule has 92 valence electrons. The smallest absolute Gasteiger partial charge is 0.194 e. The molecule has 2 heterocycles. The van der Waals surface area contributed by atoms with E-state index in [1.807, 2.05) is 13.1 Å². The standard InChI is InChI=1S/C13H13N3O2/c1-3-4-8-5-9-11(17)6-10-12(15-7-14-10)13(9)18-16(8)2/h5-7H,3-4H2,1-2H3. The summed E-state index contributed by atoms with van der Waals surface area (Å²) >= 11 is 0. The third kappa shape index (κ3) is 1.51. The zero-order valence-electron chi connectivity index (χ0n) is 10.3. The molecule has 0 aromatic rings. The zero-order valence-corrected chi connectivity index (χ0v) is 10.3. The fraction of sp³-hybridized carbons (Fsp3) is 0.308. The van der Waals surface area contributed by atoms with E-state index in [-0.39, 0.29) is 5.43 Å². The second-order valence-electron chi connectivity index (χ2n) is 4.33. The first-order valence-electron chi connectivity index (χ1n) is 5.94. The highest BCUT2D eigenvalue weighted by Gasteiger charge is 2.14. The van der Waals surface area contributed by atoms with E-state index in [9.17, 15) is 4.79 Å². The summed E-state index contributed by atoms with van der Waals surface area (Å²) in [6.45, 7) is 2.09. The maximum absolute atomic E-state index is 12.0. The first-order valence-corrected chi connectivity index (χ1v) is 5.94. The topological polar surface area (TPSA) is 60.9 Å². The Balaban J connectivity index is 2.47. The molecule has 3 rings (SSSR count). The van der Waals surface area contributed by atoms with Gasteiger partial charge >= 0.3 is 0 Å². The lowest BCUT2D eigenvalue weighted by Crippen LogP contribution is -2.10. The minimum Gasteiger partial charge on any atom is -0.377 e. The van der Waals surface area contributed by atoms with Gasteiger partial charge in [0.2, 0.25) is 0 Å². The number of nitrogens with zero attached hydrogens (tertiary/aromatic N) is 3. The molecule has 0 unspecified atom stereocenters. The van der Waals surface area contributed by atoms with E-state index in [1.54, 1.807) is 4.74 Å². The van der Waals surface area contributed by atoms with Gasteiger partial charge < -0.3 is 4.52 Å². The molecule has 0 radical (unpaired) electrons. The van der Waals surface area contributed by atoms with Crippen molar-refractivity contribution < 1.29 is 4.52 Å². The lowest BCUT2D eigenvalue weighted by Gasteiger charge is -2.08. The second-order valence-corrected chi connectivity index (χ2v) is 4.33. The average Bonchev–Trinajstić information content (AvgIpc) is 2.79. The van der Waals surface area contributed by atoms with E-state index >= 15 is 0 Å². The molecule has 3 aliphatic rings. The number of fused-ring (bicyclic) bond motifs is 2. The molecule has 0 fully saturated rings. The summed E-state index contributed by atoms with van der Waals surface area (Å²) in [5, 5.41) is 0.574. The van der Waals surface area contributed by atoms with Crippen LogP contribution in [-0.2, 0) is 13.5 Å². The Morgan fingerprint density at radius 1 is 1.33 bits per heavy atom. The summed E-state index contributed by atoms with van der Waals surface area (Å²) in [5.41, 5.74) is 2.67. The third-order valence-electron chi connectivity index (χ3n) is 3.07. The molecule has 0 atom stereocenters. The van der Waals surface area contributed by atoms with Crippen LogP contribution in [0.25, 0.3) is 11.4 Å². The molecule has 0 N–H and O–H groups in total. The predicted octanol–water partition coefficient (Wildman–Crippen LogP) is 1.55. The van der Waals surface area contributed by atoms with Crippen molar-refractivity contribution in [3.8, 4) is 11.4 Å². The summed E-state index contributed by atoms with van der Waals surface area (Å²) in [5.74, 6) is 0. The number of aromatic nitrogens is 3. The fourth-order valence-electron chi connectivity index (χ4n) is 2.17. The van der Waals surface area contributed by atoms with E-state index in [0.29, 0.717) is 22.0 Å². The molecule has 0 saturated carbocycles.